The number of aromatic nitrogens is 3. The zero-order valence-corrected chi connectivity index (χ0v) is 13.3. The van der Waals surface area contributed by atoms with E-state index in [2.05, 4.69) is 53.2 Å². The van der Waals surface area contributed by atoms with Crippen molar-refractivity contribution >= 4 is 23.5 Å². The molecular formula is C15H20ClN5. The summed E-state index contributed by atoms with van der Waals surface area (Å²) in [5, 5.41) is 3.47. The highest BCUT2D eigenvalue weighted by Crippen LogP contribution is 2.19. The first kappa shape index (κ1) is 15.5. The van der Waals surface area contributed by atoms with Gasteiger partial charge in [-0.15, -0.1) is 0 Å². The Hall–Kier alpha value is -1.88. The predicted molar refractivity (Wildman–Crippen MR) is 86.9 cm³/mol. The van der Waals surface area contributed by atoms with E-state index in [0.29, 0.717) is 11.9 Å². The van der Waals surface area contributed by atoms with Crippen LogP contribution < -0.4 is 10.2 Å². The third-order valence-electron chi connectivity index (χ3n) is 3.29. The highest BCUT2D eigenvalue weighted by Gasteiger charge is 2.12. The van der Waals surface area contributed by atoms with Gasteiger partial charge in [0.05, 0.1) is 6.04 Å². The van der Waals surface area contributed by atoms with Crippen molar-refractivity contribution in [3.05, 3.63) is 41.2 Å². The Bertz CT molecular complexity index is 572. The summed E-state index contributed by atoms with van der Waals surface area (Å²) in [5.74, 6) is 1.09. The maximum Gasteiger partial charge on any atom is 0.231 e. The average Bonchev–Trinajstić information content (AvgIpc) is 2.49. The molecule has 1 atom stereocenters. The van der Waals surface area contributed by atoms with Crippen LogP contribution in [0.3, 0.4) is 0 Å². The SMILES string of the molecule is CCN(CC)c1nc(Cl)nc(N[C@@H](C)c2ccccc2)n1. The molecule has 0 bridgehead atoms. The lowest BCUT2D eigenvalue weighted by molar-refractivity contribution is 0.799. The number of nitrogens with zero attached hydrogens (tertiary/aromatic N) is 4. The van der Waals surface area contributed by atoms with Gasteiger partial charge in [-0.2, -0.15) is 15.0 Å². The lowest BCUT2D eigenvalue weighted by Crippen LogP contribution is -2.25. The van der Waals surface area contributed by atoms with Crippen LogP contribution in [0.25, 0.3) is 0 Å². The molecule has 0 saturated carbocycles. The van der Waals surface area contributed by atoms with Crippen LogP contribution in [-0.4, -0.2) is 28.0 Å². The molecule has 21 heavy (non-hydrogen) atoms. The lowest BCUT2D eigenvalue weighted by atomic mass is 10.1. The molecule has 6 heteroatoms. The number of halogens is 1. The van der Waals surface area contributed by atoms with Crippen LogP contribution in [0.15, 0.2) is 30.3 Å². The average molecular weight is 306 g/mol. The molecule has 1 heterocycles. The molecule has 2 rings (SSSR count). The number of rotatable bonds is 6. The number of hydrogen-bond acceptors (Lipinski definition) is 5. The van der Waals surface area contributed by atoms with Crippen LogP contribution in [0.1, 0.15) is 32.4 Å². The summed E-state index contributed by atoms with van der Waals surface area (Å²) in [5.41, 5.74) is 1.17. The largest absolute Gasteiger partial charge is 0.348 e. The Morgan fingerprint density at radius 2 is 1.76 bits per heavy atom. The molecule has 0 aliphatic heterocycles. The normalized spacial score (nSPS) is 12.0. The van der Waals surface area contributed by atoms with Crippen LogP contribution >= 0.6 is 11.6 Å². The van der Waals surface area contributed by atoms with E-state index >= 15 is 0 Å². The molecule has 1 aromatic carbocycles. The zero-order valence-electron chi connectivity index (χ0n) is 12.5. The Labute approximate surface area is 130 Å². The quantitative estimate of drug-likeness (QED) is 0.884. The topological polar surface area (TPSA) is 53.9 Å². The third-order valence-corrected chi connectivity index (χ3v) is 3.46. The molecule has 0 fully saturated rings. The Kier molecular flexibility index (Phi) is 5.33. The molecule has 0 saturated heterocycles. The van der Waals surface area contributed by atoms with Crippen molar-refractivity contribution in [1.29, 1.82) is 0 Å². The van der Waals surface area contributed by atoms with Crippen molar-refractivity contribution < 1.29 is 0 Å². The summed E-state index contributed by atoms with van der Waals surface area (Å²) in [6, 6.07) is 10.2. The monoisotopic (exact) mass is 305 g/mol. The van der Waals surface area contributed by atoms with Gasteiger partial charge in [0.1, 0.15) is 0 Å². The van der Waals surface area contributed by atoms with E-state index in [4.69, 9.17) is 11.6 Å². The molecule has 1 aromatic heterocycles. The Balaban J connectivity index is 2.20. The van der Waals surface area contributed by atoms with Crippen molar-refractivity contribution in [3.8, 4) is 0 Å². The summed E-state index contributed by atoms with van der Waals surface area (Å²) < 4.78 is 0. The van der Waals surface area contributed by atoms with Gasteiger partial charge in [-0.25, -0.2) is 0 Å². The first-order chi connectivity index (χ1) is 10.1. The molecule has 2 aromatic rings. The highest BCUT2D eigenvalue weighted by atomic mass is 35.5. The van der Waals surface area contributed by atoms with Crippen LogP contribution in [-0.2, 0) is 0 Å². The molecule has 0 aliphatic rings. The minimum Gasteiger partial charge on any atom is -0.348 e. The van der Waals surface area contributed by atoms with E-state index in [0.717, 1.165) is 13.1 Å². The fraction of sp³-hybridized carbons (Fsp3) is 0.400. The van der Waals surface area contributed by atoms with Gasteiger partial charge in [0.25, 0.3) is 0 Å². The molecule has 112 valence electrons. The van der Waals surface area contributed by atoms with Crippen LogP contribution in [0.5, 0.6) is 0 Å². The number of nitrogens with one attached hydrogen (secondary N) is 1. The molecular weight excluding hydrogens is 286 g/mol. The molecule has 0 amide bonds. The van der Waals surface area contributed by atoms with Gasteiger partial charge in [0, 0.05) is 13.1 Å². The minimum atomic E-state index is 0.0919. The summed E-state index contributed by atoms with van der Waals surface area (Å²) in [4.78, 5) is 14.8. The van der Waals surface area contributed by atoms with Crippen molar-refractivity contribution in [2.75, 3.05) is 23.3 Å². The second-order valence-electron chi connectivity index (χ2n) is 4.68. The van der Waals surface area contributed by atoms with Gasteiger partial charge < -0.3 is 10.2 Å². The number of anilines is 2. The summed E-state index contributed by atoms with van der Waals surface area (Å²) in [6.45, 7) is 7.82. The van der Waals surface area contributed by atoms with E-state index in [9.17, 15) is 0 Å². The van der Waals surface area contributed by atoms with E-state index in [1.165, 1.54) is 5.56 Å². The first-order valence-electron chi connectivity index (χ1n) is 7.12. The number of hydrogen-bond donors (Lipinski definition) is 1. The maximum atomic E-state index is 6.01. The summed E-state index contributed by atoms with van der Waals surface area (Å²) in [6.07, 6.45) is 0. The summed E-state index contributed by atoms with van der Waals surface area (Å²) in [7, 11) is 0. The molecule has 5 nitrogen and oxygen atoms in total. The lowest BCUT2D eigenvalue weighted by Gasteiger charge is -2.20. The zero-order chi connectivity index (χ0) is 15.2. The Morgan fingerprint density at radius 1 is 1.10 bits per heavy atom. The third kappa shape index (κ3) is 4.04. The second-order valence-corrected chi connectivity index (χ2v) is 5.02. The highest BCUT2D eigenvalue weighted by molar-refractivity contribution is 6.28. The second kappa shape index (κ2) is 7.22. The fourth-order valence-corrected chi connectivity index (χ4v) is 2.23. The van der Waals surface area contributed by atoms with Crippen LogP contribution in [0, 0.1) is 0 Å². The van der Waals surface area contributed by atoms with Crippen LogP contribution in [0.2, 0.25) is 5.28 Å². The van der Waals surface area contributed by atoms with E-state index in [1.54, 1.807) is 0 Å². The van der Waals surface area contributed by atoms with Gasteiger partial charge in [-0.05, 0) is 37.9 Å². The molecule has 0 spiro atoms. The maximum absolute atomic E-state index is 6.01. The summed E-state index contributed by atoms with van der Waals surface area (Å²) >= 11 is 6.01. The fourth-order valence-electron chi connectivity index (χ4n) is 2.07. The molecule has 1 N–H and O–H groups in total. The van der Waals surface area contributed by atoms with Gasteiger partial charge in [0.15, 0.2) is 0 Å². The van der Waals surface area contributed by atoms with E-state index in [1.807, 2.05) is 23.1 Å². The van der Waals surface area contributed by atoms with E-state index in [-0.39, 0.29) is 11.3 Å². The molecule has 0 unspecified atom stereocenters. The van der Waals surface area contributed by atoms with Crippen molar-refractivity contribution in [1.82, 2.24) is 15.0 Å². The Morgan fingerprint density at radius 3 is 2.38 bits per heavy atom. The van der Waals surface area contributed by atoms with Crippen LogP contribution in [0.4, 0.5) is 11.9 Å². The van der Waals surface area contributed by atoms with Gasteiger partial charge in [0.2, 0.25) is 17.2 Å². The minimum absolute atomic E-state index is 0.0919. The molecule has 0 radical (unpaired) electrons. The predicted octanol–water partition coefficient (Wildman–Crippen LogP) is 3.54. The molecule has 0 aliphatic carbocycles. The van der Waals surface area contributed by atoms with E-state index < -0.39 is 0 Å². The van der Waals surface area contributed by atoms with Gasteiger partial charge in [-0.3, -0.25) is 0 Å². The van der Waals surface area contributed by atoms with Crippen molar-refractivity contribution in [2.45, 2.75) is 26.8 Å². The van der Waals surface area contributed by atoms with Crippen molar-refractivity contribution in [2.24, 2.45) is 0 Å². The first-order valence-corrected chi connectivity index (χ1v) is 7.49. The number of benzene rings is 1. The smallest absolute Gasteiger partial charge is 0.231 e. The van der Waals surface area contributed by atoms with Crippen molar-refractivity contribution in [3.63, 3.8) is 0 Å². The van der Waals surface area contributed by atoms with Gasteiger partial charge >= 0.3 is 0 Å². The standard InChI is InChI=1S/C15H20ClN5/c1-4-21(5-2)15-19-13(16)18-14(20-15)17-11(3)12-9-7-6-8-10-12/h6-11H,4-5H2,1-3H3,(H,17,18,19,20)/t11-/m0/s1. The van der Waals surface area contributed by atoms with Gasteiger partial charge in [-0.1, -0.05) is 30.3 Å².